The third-order valence-electron chi connectivity index (χ3n) is 7.13. The molecule has 0 atom stereocenters. The largest absolute Gasteiger partial charge is 0.356 e. The van der Waals surface area contributed by atoms with E-state index >= 15 is 0 Å². The maximum Gasteiger partial charge on any atom is 0.227 e. The van der Waals surface area contributed by atoms with Crippen molar-refractivity contribution in [2.24, 2.45) is 5.92 Å². The van der Waals surface area contributed by atoms with Crippen LogP contribution in [0.1, 0.15) is 32.1 Å². The molecule has 3 N–H and O–H groups in total. The summed E-state index contributed by atoms with van der Waals surface area (Å²) in [6.45, 7) is 2.09. The molecule has 1 saturated carbocycles. The number of H-pyrrole nitrogens is 2. The molecular weight excluding hydrogens is 452 g/mol. The lowest BCUT2D eigenvalue weighted by Gasteiger charge is -2.28. The highest BCUT2D eigenvalue weighted by atomic mass is 16.2. The zero-order valence-corrected chi connectivity index (χ0v) is 19.8. The van der Waals surface area contributed by atoms with Gasteiger partial charge in [-0.05, 0) is 56.4 Å². The molecule has 0 unspecified atom stereocenters. The first-order valence-corrected chi connectivity index (χ1v) is 12.6. The van der Waals surface area contributed by atoms with Gasteiger partial charge in [0.25, 0.3) is 0 Å². The Morgan fingerprint density at radius 1 is 0.972 bits per heavy atom. The zero-order valence-electron chi connectivity index (χ0n) is 19.8. The number of piperidine rings is 1. The van der Waals surface area contributed by atoms with Crippen LogP contribution < -0.4 is 10.2 Å². The Bertz CT molecular complexity index is 1590. The molecule has 0 spiro atoms. The van der Waals surface area contributed by atoms with Crippen LogP contribution in [0.2, 0.25) is 0 Å². The number of anilines is 2. The van der Waals surface area contributed by atoms with E-state index in [-0.39, 0.29) is 11.8 Å². The van der Waals surface area contributed by atoms with Crippen molar-refractivity contribution in [3.05, 3.63) is 49.1 Å². The van der Waals surface area contributed by atoms with Gasteiger partial charge in [-0.1, -0.05) is 0 Å². The minimum Gasteiger partial charge on any atom is -0.356 e. The Morgan fingerprint density at radius 3 is 2.72 bits per heavy atom. The molecule has 1 aliphatic heterocycles. The van der Waals surface area contributed by atoms with Crippen molar-refractivity contribution in [3.63, 3.8) is 0 Å². The topological polar surface area (TPSA) is 115 Å². The number of carbonyl (C=O) groups excluding carboxylic acids is 1. The molecule has 36 heavy (non-hydrogen) atoms. The number of pyridine rings is 3. The summed E-state index contributed by atoms with van der Waals surface area (Å²) in [6.07, 6.45) is 12.7. The maximum atomic E-state index is 12.2. The summed E-state index contributed by atoms with van der Waals surface area (Å²) in [4.78, 5) is 31.8. The van der Waals surface area contributed by atoms with Gasteiger partial charge in [-0.15, -0.1) is 0 Å². The van der Waals surface area contributed by atoms with E-state index in [0.717, 1.165) is 76.2 Å². The molecule has 1 amide bonds. The van der Waals surface area contributed by atoms with Gasteiger partial charge in [0.2, 0.25) is 5.91 Å². The molecule has 1 aliphatic carbocycles. The zero-order chi connectivity index (χ0) is 24.1. The first kappa shape index (κ1) is 21.0. The van der Waals surface area contributed by atoms with E-state index in [9.17, 15) is 4.79 Å². The molecule has 9 nitrogen and oxygen atoms in total. The number of aromatic nitrogens is 6. The first-order valence-electron chi connectivity index (χ1n) is 12.6. The average molecular weight is 479 g/mol. The van der Waals surface area contributed by atoms with Gasteiger partial charge >= 0.3 is 0 Å². The van der Waals surface area contributed by atoms with E-state index in [2.05, 4.69) is 41.4 Å². The molecule has 1 saturated heterocycles. The van der Waals surface area contributed by atoms with E-state index in [1.165, 1.54) is 19.3 Å². The summed E-state index contributed by atoms with van der Waals surface area (Å²) in [7, 11) is 0. The van der Waals surface area contributed by atoms with Crippen LogP contribution in [-0.4, -0.2) is 49.1 Å². The smallest absolute Gasteiger partial charge is 0.227 e. The lowest BCUT2D eigenvalue weighted by atomic mass is 10.1. The first-order chi connectivity index (χ1) is 17.7. The molecule has 7 rings (SSSR count). The number of hydrogen-bond acceptors (Lipinski definition) is 6. The van der Waals surface area contributed by atoms with Gasteiger partial charge in [0.05, 0.1) is 40.5 Å². The van der Waals surface area contributed by atoms with Gasteiger partial charge in [-0.2, -0.15) is 5.10 Å². The van der Waals surface area contributed by atoms with E-state index in [4.69, 9.17) is 4.98 Å². The Labute approximate surface area is 207 Å². The normalized spacial score (nSPS) is 16.1. The molecule has 9 heteroatoms. The van der Waals surface area contributed by atoms with Crippen LogP contribution in [0.4, 0.5) is 11.5 Å². The summed E-state index contributed by atoms with van der Waals surface area (Å²) in [5.41, 5.74) is 5.97. The van der Waals surface area contributed by atoms with Gasteiger partial charge in [0, 0.05) is 47.7 Å². The molecular formula is C27H26N8O. The number of rotatable bonds is 5. The van der Waals surface area contributed by atoms with Crippen LogP contribution in [0.3, 0.4) is 0 Å². The lowest BCUT2D eigenvalue weighted by molar-refractivity contribution is -0.117. The van der Waals surface area contributed by atoms with E-state index in [1.807, 2.05) is 24.4 Å². The third kappa shape index (κ3) is 3.77. The van der Waals surface area contributed by atoms with E-state index in [0.29, 0.717) is 5.69 Å². The molecule has 2 aliphatic rings. The summed E-state index contributed by atoms with van der Waals surface area (Å²) >= 11 is 0. The molecule has 2 fully saturated rings. The molecule has 0 radical (unpaired) electrons. The predicted octanol–water partition coefficient (Wildman–Crippen LogP) is 4.90. The molecule has 0 aromatic carbocycles. The minimum atomic E-state index is 0.0618. The van der Waals surface area contributed by atoms with Gasteiger partial charge in [-0.3, -0.25) is 19.9 Å². The molecule has 5 aromatic heterocycles. The second kappa shape index (κ2) is 8.44. The standard InChI is InChI=1S/C27H26N8O/c36-27(16-4-5-16)31-18-10-17(13-28-14-18)22-11-19-24(15-30-22)33-34-25(19)23-12-20-21(32-23)6-7-29-26(20)35-8-2-1-3-9-35/h6-7,10-16,32H,1-5,8-9H2,(H,31,36)(H,33,34). The van der Waals surface area contributed by atoms with Crippen molar-refractivity contribution in [2.75, 3.05) is 23.3 Å². The van der Waals surface area contributed by atoms with Crippen LogP contribution in [0, 0.1) is 5.92 Å². The number of carbonyl (C=O) groups is 1. The fourth-order valence-corrected chi connectivity index (χ4v) is 5.04. The summed E-state index contributed by atoms with van der Waals surface area (Å²) < 4.78 is 0. The second-order valence-corrected chi connectivity index (χ2v) is 9.74. The summed E-state index contributed by atoms with van der Waals surface area (Å²) in [5.74, 6) is 1.23. The number of nitrogens with zero attached hydrogens (tertiary/aromatic N) is 5. The molecule has 5 aromatic rings. The van der Waals surface area contributed by atoms with Crippen molar-refractivity contribution < 1.29 is 4.79 Å². The maximum absolute atomic E-state index is 12.2. The number of hydrogen-bond donors (Lipinski definition) is 3. The van der Waals surface area contributed by atoms with Crippen molar-refractivity contribution in [3.8, 4) is 22.6 Å². The van der Waals surface area contributed by atoms with Crippen molar-refractivity contribution in [2.45, 2.75) is 32.1 Å². The van der Waals surface area contributed by atoms with Gasteiger partial charge in [-0.25, -0.2) is 4.98 Å². The molecule has 0 bridgehead atoms. The highest BCUT2D eigenvalue weighted by Crippen LogP contribution is 2.34. The molecule has 6 heterocycles. The quantitative estimate of drug-likeness (QED) is 0.331. The van der Waals surface area contributed by atoms with Crippen LogP contribution in [-0.2, 0) is 4.79 Å². The monoisotopic (exact) mass is 478 g/mol. The summed E-state index contributed by atoms with van der Waals surface area (Å²) in [5, 5.41) is 12.8. The van der Waals surface area contributed by atoms with Crippen molar-refractivity contribution >= 4 is 39.2 Å². The third-order valence-corrected chi connectivity index (χ3v) is 7.13. The Hall–Kier alpha value is -4.27. The number of nitrogens with one attached hydrogen (secondary N) is 3. The van der Waals surface area contributed by atoms with Crippen molar-refractivity contribution in [1.29, 1.82) is 0 Å². The number of fused-ring (bicyclic) bond motifs is 2. The highest BCUT2D eigenvalue weighted by molar-refractivity contribution is 6.00. The minimum absolute atomic E-state index is 0.0618. The fourth-order valence-electron chi connectivity index (χ4n) is 5.04. The second-order valence-electron chi connectivity index (χ2n) is 9.74. The van der Waals surface area contributed by atoms with E-state index in [1.54, 1.807) is 18.6 Å². The average Bonchev–Trinajstić information content (AvgIpc) is 3.55. The Balaban J connectivity index is 1.25. The Kier molecular flexibility index (Phi) is 4.93. The van der Waals surface area contributed by atoms with Gasteiger partial charge in [0.15, 0.2) is 0 Å². The van der Waals surface area contributed by atoms with Crippen molar-refractivity contribution in [1.82, 2.24) is 30.1 Å². The van der Waals surface area contributed by atoms with Crippen LogP contribution in [0.25, 0.3) is 44.5 Å². The highest BCUT2D eigenvalue weighted by Gasteiger charge is 2.29. The van der Waals surface area contributed by atoms with Crippen LogP contribution >= 0.6 is 0 Å². The SMILES string of the molecule is O=C(Nc1cncc(-c2cc3c(-c4cc5c(N6CCCCC6)nccc5[nH]4)n[nH]c3cn2)c1)C1CC1. The predicted molar refractivity (Wildman–Crippen MR) is 140 cm³/mol. The van der Waals surface area contributed by atoms with Gasteiger partial charge < -0.3 is 15.2 Å². The van der Waals surface area contributed by atoms with Crippen LogP contribution in [0.5, 0.6) is 0 Å². The van der Waals surface area contributed by atoms with E-state index < -0.39 is 0 Å². The fraction of sp³-hybridized carbons (Fsp3) is 0.296. The Morgan fingerprint density at radius 2 is 1.86 bits per heavy atom. The van der Waals surface area contributed by atoms with Gasteiger partial charge in [0.1, 0.15) is 11.5 Å². The summed E-state index contributed by atoms with van der Waals surface area (Å²) in [6, 6.07) is 8.10. The van der Waals surface area contributed by atoms with Crippen LogP contribution in [0.15, 0.2) is 49.1 Å². The number of aromatic amines is 2. The number of amides is 1. The lowest BCUT2D eigenvalue weighted by Crippen LogP contribution is -2.30. The molecule has 180 valence electrons.